The molecule has 2 aromatic carbocycles. The summed E-state index contributed by atoms with van der Waals surface area (Å²) in [5.41, 5.74) is 1.99. The van der Waals surface area contributed by atoms with Gasteiger partial charge in [-0.1, -0.05) is 62.1 Å². The Balaban J connectivity index is 0.00000578. The number of aliphatic imine (C=N–C) groups is 1. The molecule has 5 nitrogen and oxygen atoms in total. The average Bonchev–Trinajstić information content (AvgIpc) is 2.84. The minimum Gasteiger partial charge on any atom is -0.689 e. The van der Waals surface area contributed by atoms with Crippen LogP contribution in [0.1, 0.15) is 56.1 Å². The van der Waals surface area contributed by atoms with Crippen molar-refractivity contribution in [3.05, 3.63) is 83.8 Å². The van der Waals surface area contributed by atoms with Crippen molar-refractivity contribution in [2.75, 3.05) is 19.7 Å². The van der Waals surface area contributed by atoms with Gasteiger partial charge >= 0.3 is 0 Å². The van der Waals surface area contributed by atoms with Gasteiger partial charge < -0.3 is 15.2 Å². The van der Waals surface area contributed by atoms with E-state index in [1.54, 1.807) is 30.6 Å². The standard InChI is InChI=1S/C28H36N2O3.Ni/c1-2-3-4-5-6-7-8-12-19-33-27-15-16-28(32)25(20-27)21-29-17-18-30-22-26(23-31)24-13-10-9-11-14-24;/h2,9-11,13-16,20-23H,1,3-8,12,17-19H2,(H2,29,30,31,32);/p-1. The van der Waals surface area contributed by atoms with Crippen molar-refractivity contribution in [2.24, 2.45) is 4.99 Å². The van der Waals surface area contributed by atoms with E-state index in [1.807, 2.05) is 36.4 Å². The van der Waals surface area contributed by atoms with Crippen LogP contribution in [0, 0.1) is 0 Å². The van der Waals surface area contributed by atoms with E-state index < -0.39 is 0 Å². The number of phenolic OH excluding ortho intramolecular Hbond substituents is 1. The van der Waals surface area contributed by atoms with Gasteiger partial charge in [-0.05, 0) is 48.6 Å². The fourth-order valence-electron chi connectivity index (χ4n) is 3.26. The summed E-state index contributed by atoms with van der Waals surface area (Å²) in [6, 6.07) is 14.6. The Hall–Kier alpha value is -2.85. The third kappa shape index (κ3) is 11.9. The monoisotopic (exact) mass is 505 g/mol. The fraction of sp³-hybridized carbons (Fsp3) is 0.357. The van der Waals surface area contributed by atoms with Gasteiger partial charge in [0.15, 0.2) is 0 Å². The molecule has 2 rings (SSSR count). The molecule has 1 N–H and O–H groups in total. The second-order valence-corrected chi connectivity index (χ2v) is 7.78. The fourth-order valence-corrected chi connectivity index (χ4v) is 3.26. The zero-order valence-corrected chi connectivity index (χ0v) is 20.7. The van der Waals surface area contributed by atoms with Gasteiger partial charge in [0.05, 0.1) is 6.61 Å². The van der Waals surface area contributed by atoms with E-state index in [0.717, 1.165) is 36.9 Å². The van der Waals surface area contributed by atoms with Crippen LogP contribution >= 0.6 is 0 Å². The van der Waals surface area contributed by atoms with Crippen LogP contribution in [0.15, 0.2) is 72.4 Å². The molecular formula is C28H35N2NiO3-. The van der Waals surface area contributed by atoms with Crippen LogP contribution < -0.4 is 4.74 Å². The Labute approximate surface area is 214 Å². The van der Waals surface area contributed by atoms with Crippen LogP contribution in [0.3, 0.4) is 0 Å². The van der Waals surface area contributed by atoms with E-state index in [4.69, 9.17) is 4.74 Å². The van der Waals surface area contributed by atoms with Crippen LogP contribution in [0.5, 0.6) is 11.5 Å². The SMILES string of the molecule is C=CCCCCCCCCOc1ccc(O)c(C=NCC[N-]/C=C(\C=O)c2ccccc2)c1.[Ni]. The summed E-state index contributed by atoms with van der Waals surface area (Å²) in [5.74, 6) is 0.890. The van der Waals surface area contributed by atoms with Gasteiger partial charge in [-0.15, -0.1) is 13.1 Å². The number of aldehydes is 1. The number of ether oxygens (including phenoxy) is 1. The molecule has 0 heterocycles. The van der Waals surface area contributed by atoms with Gasteiger partial charge in [0, 0.05) is 34.8 Å². The molecule has 0 aliphatic carbocycles. The van der Waals surface area contributed by atoms with Crippen molar-refractivity contribution < 1.29 is 31.1 Å². The number of aromatic hydroxyl groups is 1. The normalized spacial score (nSPS) is 11.1. The predicted molar refractivity (Wildman–Crippen MR) is 137 cm³/mol. The molecule has 0 spiro atoms. The minimum absolute atomic E-state index is 0. The largest absolute Gasteiger partial charge is 0.689 e. The van der Waals surface area contributed by atoms with E-state index in [2.05, 4.69) is 16.9 Å². The van der Waals surface area contributed by atoms with Gasteiger partial charge in [0.2, 0.25) is 0 Å². The van der Waals surface area contributed by atoms with E-state index in [1.165, 1.54) is 25.7 Å². The quantitative estimate of drug-likeness (QED) is 0.0647. The zero-order valence-electron chi connectivity index (χ0n) is 19.7. The van der Waals surface area contributed by atoms with Gasteiger partial charge in [0.25, 0.3) is 0 Å². The van der Waals surface area contributed by atoms with Crippen molar-refractivity contribution in [3.63, 3.8) is 0 Å². The first-order valence-electron chi connectivity index (χ1n) is 11.7. The van der Waals surface area contributed by atoms with Crippen LogP contribution in [0.25, 0.3) is 10.9 Å². The molecule has 0 saturated heterocycles. The van der Waals surface area contributed by atoms with Gasteiger partial charge in [-0.2, -0.15) is 6.20 Å². The molecule has 0 aliphatic heterocycles. The number of rotatable bonds is 17. The molecular weight excluding hydrogens is 471 g/mol. The average molecular weight is 506 g/mol. The number of carbonyl (C=O) groups excluding carboxylic acids is 1. The summed E-state index contributed by atoms with van der Waals surface area (Å²) in [7, 11) is 0. The molecule has 0 saturated carbocycles. The zero-order chi connectivity index (χ0) is 23.6. The number of carbonyl (C=O) groups is 1. The number of allylic oxidation sites excluding steroid dienone is 2. The van der Waals surface area contributed by atoms with E-state index >= 15 is 0 Å². The summed E-state index contributed by atoms with van der Waals surface area (Å²) in [6.07, 6.45) is 14.3. The van der Waals surface area contributed by atoms with Gasteiger partial charge in [-0.25, -0.2) is 0 Å². The Kier molecular flexibility index (Phi) is 15.9. The number of unbranched alkanes of at least 4 members (excludes halogenated alkanes) is 6. The summed E-state index contributed by atoms with van der Waals surface area (Å²) in [4.78, 5) is 15.6. The topological polar surface area (TPSA) is 73.0 Å². The van der Waals surface area contributed by atoms with Crippen LogP contribution in [-0.2, 0) is 21.3 Å². The number of hydrogen-bond donors (Lipinski definition) is 1. The maximum absolute atomic E-state index is 11.3. The second kappa shape index (κ2) is 18.6. The van der Waals surface area contributed by atoms with E-state index in [0.29, 0.717) is 30.8 Å². The van der Waals surface area contributed by atoms with Crippen molar-refractivity contribution >= 4 is 18.1 Å². The number of hydrogen-bond acceptors (Lipinski definition) is 4. The first kappa shape index (κ1) is 29.2. The predicted octanol–water partition coefficient (Wildman–Crippen LogP) is 6.72. The summed E-state index contributed by atoms with van der Waals surface area (Å²) in [6.45, 7) is 5.32. The van der Waals surface area contributed by atoms with E-state index in [-0.39, 0.29) is 22.2 Å². The second-order valence-electron chi connectivity index (χ2n) is 7.78. The molecule has 0 fully saturated rings. The van der Waals surface area contributed by atoms with E-state index in [9.17, 15) is 9.90 Å². The first-order chi connectivity index (χ1) is 16.2. The molecule has 34 heavy (non-hydrogen) atoms. The molecule has 0 atom stereocenters. The third-order valence-electron chi connectivity index (χ3n) is 5.12. The molecule has 0 radical (unpaired) electrons. The molecule has 0 unspecified atom stereocenters. The van der Waals surface area contributed by atoms with Crippen molar-refractivity contribution in [3.8, 4) is 11.5 Å². The van der Waals surface area contributed by atoms with Crippen LogP contribution in [-0.4, -0.2) is 37.3 Å². The Morgan fingerprint density at radius 1 is 1.03 bits per heavy atom. The van der Waals surface area contributed by atoms with Gasteiger partial charge in [-0.3, -0.25) is 9.79 Å². The summed E-state index contributed by atoms with van der Waals surface area (Å²) in [5, 5.41) is 14.4. The van der Waals surface area contributed by atoms with Crippen LogP contribution in [0.4, 0.5) is 0 Å². The molecule has 0 bridgehead atoms. The maximum Gasteiger partial charge on any atom is 0.148 e. The number of benzene rings is 2. The minimum atomic E-state index is 0. The smallest absolute Gasteiger partial charge is 0.148 e. The van der Waals surface area contributed by atoms with Crippen molar-refractivity contribution in [1.82, 2.24) is 0 Å². The molecule has 0 aliphatic rings. The number of nitrogens with zero attached hydrogens (tertiary/aromatic N) is 2. The van der Waals surface area contributed by atoms with Crippen molar-refractivity contribution in [1.29, 1.82) is 0 Å². The Bertz CT molecular complexity index is 898. The van der Waals surface area contributed by atoms with Crippen molar-refractivity contribution in [2.45, 2.75) is 44.9 Å². The molecule has 0 aromatic heterocycles. The molecule has 186 valence electrons. The Morgan fingerprint density at radius 2 is 1.76 bits per heavy atom. The number of phenols is 1. The third-order valence-corrected chi connectivity index (χ3v) is 5.12. The van der Waals surface area contributed by atoms with Gasteiger partial charge in [0.1, 0.15) is 17.8 Å². The Morgan fingerprint density at radius 3 is 2.50 bits per heavy atom. The maximum atomic E-state index is 11.3. The molecule has 6 heteroatoms. The summed E-state index contributed by atoms with van der Waals surface area (Å²) < 4.78 is 5.83. The first-order valence-corrected chi connectivity index (χ1v) is 11.7. The molecule has 0 amide bonds. The summed E-state index contributed by atoms with van der Waals surface area (Å²) >= 11 is 0. The molecule has 2 aromatic rings. The van der Waals surface area contributed by atoms with Crippen LogP contribution in [0.2, 0.25) is 0 Å².